The summed E-state index contributed by atoms with van der Waals surface area (Å²) >= 11 is 0. The molecule has 7 heteroatoms. The van der Waals surface area contributed by atoms with Gasteiger partial charge in [-0.05, 0) is 53.4 Å². The average Bonchev–Trinajstić information content (AvgIpc) is 3.55. The van der Waals surface area contributed by atoms with Gasteiger partial charge in [-0.1, -0.05) is 48.5 Å². The highest BCUT2D eigenvalue weighted by Crippen LogP contribution is 2.44. The van der Waals surface area contributed by atoms with E-state index >= 15 is 0 Å². The number of piperidine rings is 1. The first kappa shape index (κ1) is 22.4. The maximum atomic E-state index is 12.8. The van der Waals surface area contributed by atoms with Crippen LogP contribution in [0, 0.1) is 17.8 Å². The highest BCUT2D eigenvalue weighted by atomic mass is 16.5. The Hall–Kier alpha value is -3.35. The molecule has 2 N–H and O–H groups in total. The van der Waals surface area contributed by atoms with E-state index in [9.17, 15) is 14.4 Å². The van der Waals surface area contributed by atoms with Crippen LogP contribution in [0.25, 0.3) is 11.1 Å². The number of nitrogens with one attached hydrogen (secondary N) is 1. The Kier molecular flexibility index (Phi) is 6.26. The molecule has 2 amide bonds. The highest BCUT2D eigenvalue weighted by Gasteiger charge is 2.45. The first-order chi connectivity index (χ1) is 16.5. The molecule has 0 aromatic heterocycles. The van der Waals surface area contributed by atoms with Gasteiger partial charge in [0.2, 0.25) is 5.91 Å². The smallest absolute Gasteiger partial charge is 0.407 e. The van der Waals surface area contributed by atoms with E-state index in [4.69, 9.17) is 9.84 Å². The second-order valence-electron chi connectivity index (χ2n) is 9.70. The predicted molar refractivity (Wildman–Crippen MR) is 126 cm³/mol. The number of rotatable bonds is 7. The number of benzene rings is 2. The number of alkyl carbamates (subject to hydrolysis) is 1. The van der Waals surface area contributed by atoms with Crippen LogP contribution in [-0.4, -0.2) is 54.2 Å². The van der Waals surface area contributed by atoms with Gasteiger partial charge in [-0.2, -0.15) is 0 Å². The van der Waals surface area contributed by atoms with Gasteiger partial charge in [-0.3, -0.25) is 9.59 Å². The van der Waals surface area contributed by atoms with Crippen LogP contribution in [0.2, 0.25) is 0 Å². The maximum Gasteiger partial charge on any atom is 0.407 e. The number of hydrogen-bond donors (Lipinski definition) is 2. The number of likely N-dealkylation sites (tertiary alicyclic amines) is 1. The third-order valence-corrected chi connectivity index (χ3v) is 7.39. The number of carboxylic acid groups (broad SMARTS) is 1. The fourth-order valence-electron chi connectivity index (χ4n) is 5.55. The number of amides is 2. The topological polar surface area (TPSA) is 95.9 Å². The molecule has 7 nitrogen and oxygen atoms in total. The van der Waals surface area contributed by atoms with Gasteiger partial charge < -0.3 is 20.1 Å². The monoisotopic (exact) mass is 462 g/mol. The zero-order chi connectivity index (χ0) is 23.7. The van der Waals surface area contributed by atoms with Gasteiger partial charge in [0.15, 0.2) is 0 Å². The fraction of sp³-hybridized carbons (Fsp3) is 0.444. The van der Waals surface area contributed by atoms with E-state index in [1.54, 1.807) is 0 Å². The van der Waals surface area contributed by atoms with Gasteiger partial charge in [0, 0.05) is 37.9 Å². The molecular formula is C27H30N2O5. The molecule has 0 radical (unpaired) electrons. The second-order valence-corrected chi connectivity index (χ2v) is 9.70. The summed E-state index contributed by atoms with van der Waals surface area (Å²) < 4.78 is 5.58. The van der Waals surface area contributed by atoms with Crippen molar-refractivity contribution in [3.05, 3.63) is 59.7 Å². The van der Waals surface area contributed by atoms with Crippen molar-refractivity contribution in [2.24, 2.45) is 17.8 Å². The van der Waals surface area contributed by atoms with Crippen LogP contribution in [0.5, 0.6) is 0 Å². The maximum absolute atomic E-state index is 12.8. The molecule has 178 valence electrons. The molecule has 1 heterocycles. The van der Waals surface area contributed by atoms with Gasteiger partial charge in [-0.15, -0.1) is 0 Å². The molecule has 0 bridgehead atoms. The lowest BCUT2D eigenvalue weighted by Crippen LogP contribution is -2.41. The molecule has 1 aliphatic heterocycles. The van der Waals surface area contributed by atoms with E-state index in [1.165, 1.54) is 22.3 Å². The van der Waals surface area contributed by atoms with Crippen molar-refractivity contribution in [2.75, 3.05) is 26.2 Å². The van der Waals surface area contributed by atoms with Crippen LogP contribution in [-0.2, 0) is 14.3 Å². The van der Waals surface area contributed by atoms with Gasteiger partial charge >= 0.3 is 12.1 Å². The number of aliphatic carboxylic acids is 1. The summed E-state index contributed by atoms with van der Waals surface area (Å²) in [6, 6.07) is 16.4. The zero-order valence-electron chi connectivity index (χ0n) is 19.1. The standard InChI is InChI=1S/C27H30N2O5/c30-25(31)12-17-6-5-11-29(15-17)26(32)23-13-18(23)14-28-27(33)34-16-24-21-9-3-1-7-19(21)20-8-2-4-10-22(20)24/h1-4,7-10,17-18,23-24H,5-6,11-16H2,(H,28,33)(H,30,31)/t17?,18-,23-/m0/s1. The third kappa shape index (κ3) is 4.65. The molecule has 3 atom stereocenters. The van der Waals surface area contributed by atoms with E-state index in [2.05, 4.69) is 29.6 Å². The number of carbonyl (C=O) groups is 3. The molecule has 2 aromatic carbocycles. The number of nitrogens with zero attached hydrogens (tertiary/aromatic N) is 1. The van der Waals surface area contributed by atoms with Crippen LogP contribution in [0.3, 0.4) is 0 Å². The average molecular weight is 463 g/mol. The lowest BCUT2D eigenvalue weighted by atomic mass is 9.94. The van der Waals surface area contributed by atoms with E-state index < -0.39 is 12.1 Å². The molecule has 2 aliphatic carbocycles. The normalized spacial score (nSPS) is 23.1. The van der Waals surface area contributed by atoms with Crippen LogP contribution < -0.4 is 5.32 Å². The van der Waals surface area contributed by atoms with E-state index in [-0.39, 0.29) is 42.6 Å². The number of fused-ring (bicyclic) bond motifs is 3. The molecule has 5 rings (SSSR count). The van der Waals surface area contributed by atoms with Crippen LogP contribution in [0.15, 0.2) is 48.5 Å². The fourth-order valence-corrected chi connectivity index (χ4v) is 5.55. The number of carboxylic acids is 1. The molecule has 1 unspecified atom stereocenters. The number of ether oxygens (including phenoxy) is 1. The summed E-state index contributed by atoms with van der Waals surface area (Å²) in [6.07, 6.45) is 2.11. The van der Waals surface area contributed by atoms with Crippen molar-refractivity contribution in [1.82, 2.24) is 10.2 Å². The minimum atomic E-state index is -0.809. The van der Waals surface area contributed by atoms with Gasteiger partial charge in [0.05, 0.1) is 0 Å². The Morgan fingerprint density at radius 1 is 1.03 bits per heavy atom. The van der Waals surface area contributed by atoms with Crippen molar-refractivity contribution >= 4 is 18.0 Å². The molecule has 34 heavy (non-hydrogen) atoms. The molecule has 1 saturated carbocycles. The first-order valence-electron chi connectivity index (χ1n) is 12.1. The third-order valence-electron chi connectivity index (χ3n) is 7.39. The largest absolute Gasteiger partial charge is 0.481 e. The van der Waals surface area contributed by atoms with Crippen molar-refractivity contribution < 1.29 is 24.2 Å². The summed E-state index contributed by atoms with van der Waals surface area (Å²) in [7, 11) is 0. The summed E-state index contributed by atoms with van der Waals surface area (Å²) in [5.41, 5.74) is 4.73. The minimum Gasteiger partial charge on any atom is -0.481 e. The highest BCUT2D eigenvalue weighted by molar-refractivity contribution is 5.82. The Balaban J connectivity index is 1.09. The zero-order valence-corrected chi connectivity index (χ0v) is 19.1. The van der Waals surface area contributed by atoms with Crippen molar-refractivity contribution in [1.29, 1.82) is 0 Å². The van der Waals surface area contributed by atoms with Crippen LogP contribution >= 0.6 is 0 Å². The quantitative estimate of drug-likeness (QED) is 0.651. The van der Waals surface area contributed by atoms with Crippen molar-refractivity contribution in [3.8, 4) is 11.1 Å². The molecular weight excluding hydrogens is 432 g/mol. The van der Waals surface area contributed by atoms with E-state index in [1.807, 2.05) is 29.2 Å². The van der Waals surface area contributed by atoms with E-state index in [0.29, 0.717) is 19.6 Å². The molecule has 2 aromatic rings. The molecule has 3 aliphatic rings. The first-order valence-corrected chi connectivity index (χ1v) is 12.1. The molecule has 2 fully saturated rings. The summed E-state index contributed by atoms with van der Waals surface area (Å²) in [4.78, 5) is 38.0. The number of carbonyl (C=O) groups excluding carboxylic acids is 2. The minimum absolute atomic E-state index is 0.0197. The Labute approximate surface area is 199 Å². The number of hydrogen-bond acceptors (Lipinski definition) is 4. The van der Waals surface area contributed by atoms with Crippen LogP contribution in [0.4, 0.5) is 4.79 Å². The second kappa shape index (κ2) is 9.49. The summed E-state index contributed by atoms with van der Waals surface area (Å²) in [5.74, 6) is -0.631. The van der Waals surface area contributed by atoms with Crippen LogP contribution in [0.1, 0.15) is 42.7 Å². The Morgan fingerprint density at radius 2 is 1.71 bits per heavy atom. The van der Waals surface area contributed by atoms with Gasteiger partial charge in [-0.25, -0.2) is 4.79 Å². The van der Waals surface area contributed by atoms with Crippen molar-refractivity contribution in [3.63, 3.8) is 0 Å². The summed E-state index contributed by atoms with van der Waals surface area (Å²) in [6.45, 7) is 1.90. The van der Waals surface area contributed by atoms with Gasteiger partial charge in [0.1, 0.15) is 6.61 Å². The Bertz CT molecular complexity index is 1050. The summed E-state index contributed by atoms with van der Waals surface area (Å²) in [5, 5.41) is 11.9. The van der Waals surface area contributed by atoms with E-state index in [0.717, 1.165) is 19.3 Å². The predicted octanol–water partition coefficient (Wildman–Crippen LogP) is 3.87. The van der Waals surface area contributed by atoms with Gasteiger partial charge in [0.25, 0.3) is 0 Å². The lowest BCUT2D eigenvalue weighted by molar-refractivity contribution is -0.141. The SMILES string of the molecule is O=C(O)CC1CCCN(C(=O)[C@H]2C[C@H]2CNC(=O)OCC2c3ccccc3-c3ccccc32)C1. The lowest BCUT2D eigenvalue weighted by Gasteiger charge is -2.32. The molecule has 1 saturated heterocycles. The van der Waals surface area contributed by atoms with Crippen molar-refractivity contribution in [2.45, 2.75) is 31.6 Å². The molecule has 0 spiro atoms. The Morgan fingerprint density at radius 3 is 2.38 bits per heavy atom.